The molecule has 0 aliphatic rings. The van der Waals surface area contributed by atoms with Crippen molar-refractivity contribution < 1.29 is 14.3 Å². The van der Waals surface area contributed by atoms with E-state index in [0.717, 1.165) is 13.0 Å². The molecule has 0 saturated carbocycles. The molecule has 0 radical (unpaired) electrons. The summed E-state index contributed by atoms with van der Waals surface area (Å²) < 4.78 is 12.3. The summed E-state index contributed by atoms with van der Waals surface area (Å²) in [6, 6.07) is 1.79. The molecule has 0 spiro atoms. The van der Waals surface area contributed by atoms with Gasteiger partial charge in [-0.05, 0) is 12.5 Å². The predicted octanol–water partition coefficient (Wildman–Crippen LogP) is 1.65. The lowest BCUT2D eigenvalue weighted by molar-refractivity contribution is 0.0441. The van der Waals surface area contributed by atoms with Crippen LogP contribution in [0.4, 0.5) is 0 Å². The van der Waals surface area contributed by atoms with E-state index in [0.29, 0.717) is 18.8 Å². The highest BCUT2D eigenvalue weighted by atomic mass is 16.5. The van der Waals surface area contributed by atoms with Crippen molar-refractivity contribution in [2.24, 2.45) is 7.05 Å². The molecule has 90 valence electrons. The van der Waals surface area contributed by atoms with Gasteiger partial charge in [0, 0.05) is 31.6 Å². The Bertz CT molecular complexity index is 320. The van der Waals surface area contributed by atoms with E-state index >= 15 is 0 Å². The minimum absolute atomic E-state index is 0.0103. The number of aromatic nitrogens is 1. The second-order valence-electron chi connectivity index (χ2n) is 3.65. The number of rotatable bonds is 8. The second-order valence-corrected chi connectivity index (χ2v) is 3.65. The van der Waals surface area contributed by atoms with Crippen molar-refractivity contribution in [3.8, 4) is 0 Å². The SMILES string of the molecule is CCCOCCOCC(=O)c1ccn(C)c1. The van der Waals surface area contributed by atoms with Crippen molar-refractivity contribution in [3.05, 3.63) is 24.0 Å². The van der Waals surface area contributed by atoms with E-state index in [-0.39, 0.29) is 12.4 Å². The molecule has 0 amide bonds. The fourth-order valence-corrected chi connectivity index (χ4v) is 1.28. The summed E-state index contributed by atoms with van der Waals surface area (Å²) in [6.07, 6.45) is 4.64. The molecule has 0 bridgehead atoms. The standard InChI is InChI=1S/C12H19NO3/c1-3-6-15-7-8-16-10-12(14)11-4-5-13(2)9-11/h4-5,9H,3,6-8,10H2,1-2H3. The largest absolute Gasteiger partial charge is 0.379 e. The normalized spacial score (nSPS) is 10.6. The molecule has 1 aromatic rings. The third-order valence-electron chi connectivity index (χ3n) is 2.11. The summed E-state index contributed by atoms with van der Waals surface area (Å²) in [4.78, 5) is 11.6. The number of hydrogen-bond acceptors (Lipinski definition) is 3. The van der Waals surface area contributed by atoms with E-state index in [1.54, 1.807) is 12.3 Å². The zero-order valence-electron chi connectivity index (χ0n) is 9.94. The van der Waals surface area contributed by atoms with Crippen molar-refractivity contribution in [2.75, 3.05) is 26.4 Å². The quantitative estimate of drug-likeness (QED) is 0.499. The first kappa shape index (κ1) is 12.9. The maximum Gasteiger partial charge on any atom is 0.189 e. The highest BCUT2D eigenvalue weighted by molar-refractivity contribution is 5.96. The van der Waals surface area contributed by atoms with E-state index in [1.165, 1.54) is 0 Å². The van der Waals surface area contributed by atoms with E-state index in [1.807, 2.05) is 17.8 Å². The number of aryl methyl sites for hydroxylation is 1. The van der Waals surface area contributed by atoms with Gasteiger partial charge in [-0.25, -0.2) is 0 Å². The summed E-state index contributed by atoms with van der Waals surface area (Å²) in [6.45, 7) is 3.95. The molecule has 1 rings (SSSR count). The average Bonchev–Trinajstić information content (AvgIpc) is 2.70. The molecule has 0 aliphatic carbocycles. The first-order chi connectivity index (χ1) is 7.74. The molecule has 0 atom stereocenters. The van der Waals surface area contributed by atoms with Gasteiger partial charge in [-0.15, -0.1) is 0 Å². The van der Waals surface area contributed by atoms with Gasteiger partial charge in [-0.3, -0.25) is 4.79 Å². The topological polar surface area (TPSA) is 40.5 Å². The van der Waals surface area contributed by atoms with Gasteiger partial charge in [0.1, 0.15) is 6.61 Å². The van der Waals surface area contributed by atoms with E-state index in [2.05, 4.69) is 6.92 Å². The molecule has 0 fully saturated rings. The third kappa shape index (κ3) is 4.59. The van der Waals surface area contributed by atoms with Crippen LogP contribution in [0.2, 0.25) is 0 Å². The molecule has 0 saturated heterocycles. The highest BCUT2D eigenvalue weighted by Gasteiger charge is 2.06. The molecule has 0 aromatic carbocycles. The Morgan fingerprint density at radius 1 is 1.31 bits per heavy atom. The second kappa shape index (κ2) is 7.19. The maximum atomic E-state index is 11.6. The number of ketones is 1. The van der Waals surface area contributed by atoms with Crippen molar-refractivity contribution in [1.82, 2.24) is 4.57 Å². The number of nitrogens with zero attached hydrogens (tertiary/aromatic N) is 1. The zero-order valence-corrected chi connectivity index (χ0v) is 9.94. The number of carbonyl (C=O) groups is 1. The maximum absolute atomic E-state index is 11.6. The fraction of sp³-hybridized carbons (Fsp3) is 0.583. The van der Waals surface area contributed by atoms with Crippen LogP contribution in [0.15, 0.2) is 18.5 Å². The monoisotopic (exact) mass is 225 g/mol. The molecule has 16 heavy (non-hydrogen) atoms. The van der Waals surface area contributed by atoms with Gasteiger partial charge in [0.25, 0.3) is 0 Å². The molecule has 0 aliphatic heterocycles. The Morgan fingerprint density at radius 3 is 2.69 bits per heavy atom. The summed E-state index contributed by atoms with van der Waals surface area (Å²) in [5.74, 6) is 0.0103. The van der Waals surface area contributed by atoms with Crippen LogP contribution in [0, 0.1) is 0 Å². The number of Topliss-reactive ketones (excluding diaryl/α,β-unsaturated/α-hetero) is 1. The number of ether oxygens (including phenoxy) is 2. The van der Waals surface area contributed by atoms with Crippen LogP contribution in [-0.2, 0) is 16.5 Å². The van der Waals surface area contributed by atoms with Crippen LogP contribution in [0.3, 0.4) is 0 Å². The summed E-state index contributed by atoms with van der Waals surface area (Å²) in [5, 5.41) is 0. The van der Waals surface area contributed by atoms with E-state index < -0.39 is 0 Å². The van der Waals surface area contributed by atoms with Crippen molar-refractivity contribution in [2.45, 2.75) is 13.3 Å². The molecule has 1 heterocycles. The Morgan fingerprint density at radius 2 is 2.06 bits per heavy atom. The Balaban J connectivity index is 2.11. The van der Waals surface area contributed by atoms with Crippen LogP contribution in [0.5, 0.6) is 0 Å². The van der Waals surface area contributed by atoms with Crippen LogP contribution in [0.25, 0.3) is 0 Å². The molecule has 0 N–H and O–H groups in total. The molecule has 0 unspecified atom stereocenters. The fourth-order valence-electron chi connectivity index (χ4n) is 1.28. The summed E-state index contributed by atoms with van der Waals surface area (Å²) in [5.41, 5.74) is 0.692. The first-order valence-corrected chi connectivity index (χ1v) is 5.54. The lowest BCUT2D eigenvalue weighted by atomic mass is 10.2. The van der Waals surface area contributed by atoms with Gasteiger partial charge in [0.05, 0.1) is 13.2 Å². The molecular formula is C12H19NO3. The van der Waals surface area contributed by atoms with Gasteiger partial charge in [0.15, 0.2) is 5.78 Å². The summed E-state index contributed by atoms with van der Waals surface area (Å²) in [7, 11) is 1.89. The Hall–Kier alpha value is -1.13. The van der Waals surface area contributed by atoms with Gasteiger partial charge < -0.3 is 14.0 Å². The van der Waals surface area contributed by atoms with Crippen LogP contribution in [-0.4, -0.2) is 36.8 Å². The van der Waals surface area contributed by atoms with Crippen molar-refractivity contribution in [3.63, 3.8) is 0 Å². The predicted molar refractivity (Wildman–Crippen MR) is 61.7 cm³/mol. The van der Waals surface area contributed by atoms with Crippen molar-refractivity contribution in [1.29, 1.82) is 0 Å². The van der Waals surface area contributed by atoms with Gasteiger partial charge >= 0.3 is 0 Å². The molecule has 1 aromatic heterocycles. The molecule has 4 nitrogen and oxygen atoms in total. The highest BCUT2D eigenvalue weighted by Crippen LogP contribution is 2.01. The van der Waals surface area contributed by atoms with Crippen LogP contribution >= 0.6 is 0 Å². The summed E-state index contributed by atoms with van der Waals surface area (Å²) >= 11 is 0. The van der Waals surface area contributed by atoms with Crippen LogP contribution < -0.4 is 0 Å². The minimum atomic E-state index is 0.0103. The Kier molecular flexibility index (Phi) is 5.82. The average molecular weight is 225 g/mol. The zero-order chi connectivity index (χ0) is 11.8. The van der Waals surface area contributed by atoms with E-state index in [9.17, 15) is 4.79 Å². The molecule has 4 heteroatoms. The van der Waals surface area contributed by atoms with Crippen LogP contribution in [0.1, 0.15) is 23.7 Å². The van der Waals surface area contributed by atoms with Gasteiger partial charge in [0.2, 0.25) is 0 Å². The minimum Gasteiger partial charge on any atom is -0.379 e. The van der Waals surface area contributed by atoms with Gasteiger partial charge in [-0.2, -0.15) is 0 Å². The van der Waals surface area contributed by atoms with Gasteiger partial charge in [-0.1, -0.05) is 6.92 Å². The molecular weight excluding hydrogens is 206 g/mol. The third-order valence-corrected chi connectivity index (χ3v) is 2.11. The lowest BCUT2D eigenvalue weighted by Gasteiger charge is -2.03. The Labute approximate surface area is 96.2 Å². The van der Waals surface area contributed by atoms with Crippen molar-refractivity contribution >= 4 is 5.78 Å². The lowest BCUT2D eigenvalue weighted by Crippen LogP contribution is -2.12. The first-order valence-electron chi connectivity index (χ1n) is 5.54. The number of hydrogen-bond donors (Lipinski definition) is 0. The van der Waals surface area contributed by atoms with E-state index in [4.69, 9.17) is 9.47 Å². The number of carbonyl (C=O) groups excluding carboxylic acids is 1. The smallest absolute Gasteiger partial charge is 0.189 e.